The van der Waals surface area contributed by atoms with Crippen molar-refractivity contribution >= 4 is 28.6 Å². The minimum atomic E-state index is 0.459. The molecule has 1 heterocycles. The summed E-state index contributed by atoms with van der Waals surface area (Å²) in [6, 6.07) is 10.4. The molecule has 0 bridgehead atoms. The van der Waals surface area contributed by atoms with Crippen molar-refractivity contribution < 1.29 is 0 Å². The number of rotatable bonds is 5. The molecule has 1 aromatic heterocycles. The third-order valence-electron chi connectivity index (χ3n) is 3.15. The molecule has 0 saturated carbocycles. The largest absolute Gasteiger partial charge is 0.398 e. The van der Waals surface area contributed by atoms with Crippen molar-refractivity contribution in [1.82, 2.24) is 4.90 Å². The zero-order chi connectivity index (χ0) is 13.8. The average Bonchev–Trinajstić information content (AvgIpc) is 2.85. The Kier molecular flexibility index (Phi) is 4.86. The zero-order valence-electron chi connectivity index (χ0n) is 11.3. The van der Waals surface area contributed by atoms with Gasteiger partial charge in [0.15, 0.2) is 0 Å². The first-order chi connectivity index (χ1) is 9.06. The Hall–Kier alpha value is -1.03. The Morgan fingerprint density at radius 3 is 2.68 bits per heavy atom. The van der Waals surface area contributed by atoms with Crippen LogP contribution in [0, 0.1) is 0 Å². The van der Waals surface area contributed by atoms with E-state index < -0.39 is 0 Å². The lowest BCUT2D eigenvalue weighted by Gasteiger charge is -2.26. The highest BCUT2D eigenvalue weighted by Crippen LogP contribution is 2.22. The number of anilines is 1. The van der Waals surface area contributed by atoms with Gasteiger partial charge in [0.25, 0.3) is 0 Å². The lowest BCUT2D eigenvalue weighted by atomic mass is 10.1. The molecule has 0 spiro atoms. The molecule has 0 saturated heterocycles. The number of benzene rings is 1. The molecule has 0 aliphatic heterocycles. The minimum Gasteiger partial charge on any atom is -0.398 e. The van der Waals surface area contributed by atoms with Crippen LogP contribution in [0.2, 0.25) is 5.02 Å². The van der Waals surface area contributed by atoms with Crippen molar-refractivity contribution in [1.29, 1.82) is 0 Å². The van der Waals surface area contributed by atoms with E-state index in [0.29, 0.717) is 6.04 Å². The molecule has 0 radical (unpaired) electrons. The van der Waals surface area contributed by atoms with E-state index in [1.165, 1.54) is 4.88 Å². The first-order valence-electron chi connectivity index (χ1n) is 6.36. The number of thiophene rings is 1. The second-order valence-electron chi connectivity index (χ2n) is 4.92. The zero-order valence-corrected chi connectivity index (χ0v) is 12.8. The van der Waals surface area contributed by atoms with E-state index in [1.807, 2.05) is 18.2 Å². The van der Waals surface area contributed by atoms with Crippen LogP contribution in [0.25, 0.3) is 0 Å². The van der Waals surface area contributed by atoms with E-state index in [0.717, 1.165) is 29.4 Å². The van der Waals surface area contributed by atoms with Gasteiger partial charge < -0.3 is 5.73 Å². The van der Waals surface area contributed by atoms with E-state index in [1.54, 1.807) is 11.3 Å². The highest BCUT2D eigenvalue weighted by Gasteiger charge is 2.13. The van der Waals surface area contributed by atoms with Crippen LogP contribution in [0.1, 0.15) is 24.3 Å². The van der Waals surface area contributed by atoms with Gasteiger partial charge in [-0.2, -0.15) is 0 Å². The molecule has 0 unspecified atom stereocenters. The fourth-order valence-corrected chi connectivity index (χ4v) is 2.88. The van der Waals surface area contributed by atoms with Gasteiger partial charge in [0.1, 0.15) is 0 Å². The van der Waals surface area contributed by atoms with Gasteiger partial charge in [-0.25, -0.2) is 0 Å². The maximum atomic E-state index is 6.05. The number of nitrogens with two attached hydrogens (primary N) is 1. The molecular formula is C15H19ClN2S. The van der Waals surface area contributed by atoms with E-state index in [-0.39, 0.29) is 0 Å². The van der Waals surface area contributed by atoms with Crippen LogP contribution < -0.4 is 5.73 Å². The smallest absolute Gasteiger partial charge is 0.0410 e. The van der Waals surface area contributed by atoms with Crippen molar-refractivity contribution in [3.8, 4) is 0 Å². The van der Waals surface area contributed by atoms with Gasteiger partial charge in [0.05, 0.1) is 0 Å². The SMILES string of the molecule is CC(C)N(Cc1cccs1)Cc1cc(Cl)ccc1N. The summed E-state index contributed by atoms with van der Waals surface area (Å²) in [6.07, 6.45) is 0. The van der Waals surface area contributed by atoms with E-state index in [9.17, 15) is 0 Å². The molecule has 19 heavy (non-hydrogen) atoms. The fraction of sp³-hybridized carbons (Fsp3) is 0.333. The summed E-state index contributed by atoms with van der Waals surface area (Å²) in [4.78, 5) is 3.77. The molecule has 102 valence electrons. The Bertz CT molecular complexity index is 523. The molecule has 0 aliphatic rings. The van der Waals surface area contributed by atoms with Gasteiger partial charge in [-0.1, -0.05) is 17.7 Å². The van der Waals surface area contributed by atoms with Crippen molar-refractivity contribution in [2.75, 3.05) is 5.73 Å². The highest BCUT2D eigenvalue weighted by atomic mass is 35.5. The summed E-state index contributed by atoms with van der Waals surface area (Å²) < 4.78 is 0. The van der Waals surface area contributed by atoms with Crippen LogP contribution in [-0.2, 0) is 13.1 Å². The number of hydrogen-bond acceptors (Lipinski definition) is 3. The number of nitrogens with zero attached hydrogens (tertiary/aromatic N) is 1. The molecule has 1 aromatic carbocycles. The molecule has 0 fully saturated rings. The first-order valence-corrected chi connectivity index (χ1v) is 7.62. The Balaban J connectivity index is 2.14. The van der Waals surface area contributed by atoms with Crippen molar-refractivity contribution in [2.45, 2.75) is 33.0 Å². The molecule has 2 nitrogen and oxygen atoms in total. The number of halogens is 1. The van der Waals surface area contributed by atoms with Crippen LogP contribution in [-0.4, -0.2) is 10.9 Å². The third kappa shape index (κ3) is 3.96. The number of nitrogen functional groups attached to an aromatic ring is 1. The van der Waals surface area contributed by atoms with Gasteiger partial charge in [-0.15, -0.1) is 11.3 Å². The predicted octanol–water partition coefficient (Wildman–Crippen LogP) is 4.39. The van der Waals surface area contributed by atoms with Gasteiger partial charge in [0, 0.05) is 34.7 Å². The second-order valence-corrected chi connectivity index (χ2v) is 6.39. The van der Waals surface area contributed by atoms with Gasteiger partial charge >= 0.3 is 0 Å². The first kappa shape index (κ1) is 14.4. The minimum absolute atomic E-state index is 0.459. The molecule has 0 atom stereocenters. The number of hydrogen-bond donors (Lipinski definition) is 1. The lowest BCUT2D eigenvalue weighted by molar-refractivity contribution is 0.206. The Morgan fingerprint density at radius 1 is 1.26 bits per heavy atom. The van der Waals surface area contributed by atoms with Gasteiger partial charge in [-0.05, 0) is 49.1 Å². The Labute approximate surface area is 123 Å². The molecule has 2 N–H and O–H groups in total. The summed E-state index contributed by atoms with van der Waals surface area (Å²) in [6.45, 7) is 6.17. The molecule has 2 rings (SSSR count). The maximum Gasteiger partial charge on any atom is 0.0410 e. The molecule has 2 aromatic rings. The lowest BCUT2D eigenvalue weighted by Crippen LogP contribution is -2.29. The third-order valence-corrected chi connectivity index (χ3v) is 4.24. The standard InChI is InChI=1S/C15H19ClN2S/c1-11(2)18(10-14-4-3-7-19-14)9-12-8-13(16)5-6-15(12)17/h3-8,11H,9-10,17H2,1-2H3. The van der Waals surface area contributed by atoms with E-state index >= 15 is 0 Å². The van der Waals surface area contributed by atoms with Crippen molar-refractivity contribution in [3.63, 3.8) is 0 Å². The molecule has 0 amide bonds. The summed E-state index contributed by atoms with van der Waals surface area (Å²) in [5.41, 5.74) is 7.93. The van der Waals surface area contributed by atoms with Crippen molar-refractivity contribution in [3.05, 3.63) is 51.2 Å². The second kappa shape index (κ2) is 6.42. The van der Waals surface area contributed by atoms with Gasteiger partial charge in [-0.3, -0.25) is 4.90 Å². The fourth-order valence-electron chi connectivity index (χ4n) is 1.95. The van der Waals surface area contributed by atoms with E-state index in [4.69, 9.17) is 17.3 Å². The summed E-state index contributed by atoms with van der Waals surface area (Å²) in [7, 11) is 0. The van der Waals surface area contributed by atoms with Crippen molar-refractivity contribution in [2.24, 2.45) is 0 Å². The van der Waals surface area contributed by atoms with Crippen LogP contribution >= 0.6 is 22.9 Å². The van der Waals surface area contributed by atoms with Crippen LogP contribution in [0.3, 0.4) is 0 Å². The quantitative estimate of drug-likeness (QED) is 0.829. The molecule has 4 heteroatoms. The topological polar surface area (TPSA) is 29.3 Å². The summed E-state index contributed by atoms with van der Waals surface area (Å²) >= 11 is 7.84. The molecular weight excluding hydrogens is 276 g/mol. The normalized spacial score (nSPS) is 11.4. The van der Waals surface area contributed by atoms with Crippen LogP contribution in [0.15, 0.2) is 35.7 Å². The summed E-state index contributed by atoms with van der Waals surface area (Å²) in [5.74, 6) is 0. The predicted molar refractivity (Wildman–Crippen MR) is 84.6 cm³/mol. The monoisotopic (exact) mass is 294 g/mol. The van der Waals surface area contributed by atoms with Crippen LogP contribution in [0.4, 0.5) is 5.69 Å². The van der Waals surface area contributed by atoms with Gasteiger partial charge in [0.2, 0.25) is 0 Å². The average molecular weight is 295 g/mol. The van der Waals surface area contributed by atoms with Crippen LogP contribution in [0.5, 0.6) is 0 Å². The summed E-state index contributed by atoms with van der Waals surface area (Å²) in [5, 5.41) is 2.85. The molecule has 0 aliphatic carbocycles. The Morgan fingerprint density at radius 2 is 2.05 bits per heavy atom. The highest BCUT2D eigenvalue weighted by molar-refractivity contribution is 7.09. The van der Waals surface area contributed by atoms with E-state index in [2.05, 4.69) is 36.3 Å². The maximum absolute atomic E-state index is 6.05.